The van der Waals surface area contributed by atoms with E-state index in [4.69, 9.17) is 9.52 Å². The van der Waals surface area contributed by atoms with Gasteiger partial charge in [-0.2, -0.15) is 13.2 Å². The summed E-state index contributed by atoms with van der Waals surface area (Å²) in [6, 6.07) is 1.33. The number of hydrogen-bond acceptors (Lipinski definition) is 3. The van der Waals surface area contributed by atoms with Gasteiger partial charge in [0.1, 0.15) is 12.0 Å². The number of carbonyl (C=O) groups is 1. The van der Waals surface area contributed by atoms with Gasteiger partial charge in [0.25, 0.3) is 0 Å². The van der Waals surface area contributed by atoms with Crippen LogP contribution in [0, 0.1) is 0 Å². The van der Waals surface area contributed by atoms with Crippen molar-refractivity contribution in [3.05, 3.63) is 23.7 Å². The summed E-state index contributed by atoms with van der Waals surface area (Å²) in [6.45, 7) is 0.410. The minimum atomic E-state index is -4.14. The molecule has 0 radical (unpaired) electrons. The molecule has 7 heteroatoms. The molecule has 0 atom stereocenters. The zero-order valence-corrected chi connectivity index (χ0v) is 8.88. The first kappa shape index (κ1) is 13.6. The summed E-state index contributed by atoms with van der Waals surface area (Å²) in [5.74, 6) is -0.716. The second-order valence-electron chi connectivity index (χ2n) is 3.50. The molecule has 4 nitrogen and oxygen atoms in total. The number of furan rings is 1. The van der Waals surface area contributed by atoms with Crippen molar-refractivity contribution in [2.24, 2.45) is 0 Å². The predicted molar refractivity (Wildman–Crippen MR) is 52.7 cm³/mol. The molecular formula is C10H12F3NO3. The molecule has 96 valence electrons. The Kier molecular flexibility index (Phi) is 4.56. The van der Waals surface area contributed by atoms with E-state index in [1.54, 1.807) is 0 Å². The first-order valence-electron chi connectivity index (χ1n) is 4.96. The first-order chi connectivity index (χ1) is 7.88. The molecule has 1 aromatic heterocycles. The molecule has 2 N–H and O–H groups in total. The van der Waals surface area contributed by atoms with Gasteiger partial charge in [0.2, 0.25) is 0 Å². The molecule has 0 fully saturated rings. The largest absolute Gasteiger partial charge is 0.478 e. The van der Waals surface area contributed by atoms with E-state index in [1.165, 1.54) is 6.07 Å². The SMILES string of the molecule is O=C(O)c1coc(CNCCCC(F)(F)F)c1. The van der Waals surface area contributed by atoms with Crippen molar-refractivity contribution in [2.75, 3.05) is 6.54 Å². The number of halogens is 3. The van der Waals surface area contributed by atoms with Gasteiger partial charge in [0.05, 0.1) is 12.1 Å². The lowest BCUT2D eigenvalue weighted by molar-refractivity contribution is -0.135. The lowest BCUT2D eigenvalue weighted by atomic mass is 10.3. The quantitative estimate of drug-likeness (QED) is 0.762. The molecule has 0 amide bonds. The Hall–Kier alpha value is -1.50. The summed E-state index contributed by atoms with van der Waals surface area (Å²) in [5, 5.41) is 11.3. The standard InChI is InChI=1S/C10H12F3NO3/c11-10(12,13)2-1-3-14-5-8-4-7(6-17-8)9(15)16/h4,6,14H,1-3,5H2,(H,15,16). The fourth-order valence-corrected chi connectivity index (χ4v) is 1.21. The molecule has 0 saturated carbocycles. The maximum absolute atomic E-state index is 11.8. The van der Waals surface area contributed by atoms with E-state index in [9.17, 15) is 18.0 Å². The van der Waals surface area contributed by atoms with Gasteiger partial charge in [0.15, 0.2) is 0 Å². The lowest BCUT2D eigenvalue weighted by Crippen LogP contribution is -2.17. The van der Waals surface area contributed by atoms with Crippen molar-refractivity contribution < 1.29 is 27.5 Å². The molecule has 0 aliphatic heterocycles. The van der Waals surface area contributed by atoms with Crippen LogP contribution in [0.2, 0.25) is 0 Å². The number of hydrogen-bond donors (Lipinski definition) is 2. The van der Waals surface area contributed by atoms with Crippen LogP contribution in [0.4, 0.5) is 13.2 Å². The molecule has 1 aromatic rings. The third-order valence-corrected chi connectivity index (χ3v) is 2.01. The molecule has 0 aliphatic carbocycles. The van der Waals surface area contributed by atoms with Crippen molar-refractivity contribution in [1.82, 2.24) is 5.32 Å². The fourth-order valence-electron chi connectivity index (χ4n) is 1.21. The predicted octanol–water partition coefficient (Wildman–Crippen LogP) is 2.41. The van der Waals surface area contributed by atoms with Gasteiger partial charge in [-0.3, -0.25) is 0 Å². The average molecular weight is 251 g/mol. The third-order valence-electron chi connectivity index (χ3n) is 2.01. The van der Waals surface area contributed by atoms with Crippen molar-refractivity contribution in [3.8, 4) is 0 Å². The van der Waals surface area contributed by atoms with Crippen LogP contribution >= 0.6 is 0 Å². The molecule has 0 bridgehead atoms. The van der Waals surface area contributed by atoms with Crippen molar-refractivity contribution in [2.45, 2.75) is 25.6 Å². The van der Waals surface area contributed by atoms with Gasteiger partial charge >= 0.3 is 12.1 Å². The maximum Gasteiger partial charge on any atom is 0.389 e. The van der Waals surface area contributed by atoms with Gasteiger partial charge in [-0.1, -0.05) is 0 Å². The fraction of sp³-hybridized carbons (Fsp3) is 0.500. The number of rotatable bonds is 6. The molecule has 0 saturated heterocycles. The van der Waals surface area contributed by atoms with E-state index in [-0.39, 0.29) is 25.1 Å². The number of alkyl halides is 3. The number of aromatic carboxylic acids is 1. The molecule has 17 heavy (non-hydrogen) atoms. The highest BCUT2D eigenvalue weighted by atomic mass is 19.4. The van der Waals surface area contributed by atoms with Crippen LogP contribution in [-0.2, 0) is 6.54 Å². The zero-order chi connectivity index (χ0) is 12.9. The Morgan fingerprint density at radius 3 is 2.71 bits per heavy atom. The molecule has 0 spiro atoms. The molecular weight excluding hydrogens is 239 g/mol. The Labute approximate surface area is 95.4 Å². The molecule has 1 rings (SSSR count). The maximum atomic E-state index is 11.8. The lowest BCUT2D eigenvalue weighted by Gasteiger charge is -2.05. The first-order valence-corrected chi connectivity index (χ1v) is 4.96. The van der Waals surface area contributed by atoms with Gasteiger partial charge in [0, 0.05) is 6.42 Å². The highest BCUT2D eigenvalue weighted by Crippen LogP contribution is 2.20. The van der Waals surface area contributed by atoms with Crippen molar-refractivity contribution in [1.29, 1.82) is 0 Å². The summed E-state index contributed by atoms with van der Waals surface area (Å²) in [4.78, 5) is 10.5. The minimum Gasteiger partial charge on any atom is -0.478 e. The Balaban J connectivity index is 2.20. The normalized spacial score (nSPS) is 11.7. The summed E-state index contributed by atoms with van der Waals surface area (Å²) >= 11 is 0. The summed E-state index contributed by atoms with van der Waals surface area (Å²) in [6.07, 6.45) is -3.90. The molecule has 0 aromatic carbocycles. The van der Waals surface area contributed by atoms with Crippen molar-refractivity contribution in [3.63, 3.8) is 0 Å². The van der Waals surface area contributed by atoms with Gasteiger partial charge in [-0.15, -0.1) is 0 Å². The van der Waals surface area contributed by atoms with Crippen LogP contribution in [0.25, 0.3) is 0 Å². The minimum absolute atomic E-state index is 0.0179. The number of carboxylic acids is 1. The highest BCUT2D eigenvalue weighted by molar-refractivity contribution is 5.87. The third kappa shape index (κ3) is 5.39. The van der Waals surface area contributed by atoms with Gasteiger partial charge in [-0.25, -0.2) is 4.79 Å². The van der Waals surface area contributed by atoms with Crippen LogP contribution in [0.1, 0.15) is 29.0 Å². The highest BCUT2D eigenvalue weighted by Gasteiger charge is 2.25. The topological polar surface area (TPSA) is 62.5 Å². The van der Waals surface area contributed by atoms with E-state index in [1.807, 2.05) is 0 Å². The Bertz CT molecular complexity index is 373. The summed E-state index contributed by atoms with van der Waals surface area (Å²) in [5.41, 5.74) is 0.0251. The van der Waals surface area contributed by atoms with E-state index in [0.717, 1.165) is 6.26 Å². The second-order valence-corrected chi connectivity index (χ2v) is 3.50. The molecule has 0 aliphatic rings. The van der Waals surface area contributed by atoms with Crippen LogP contribution in [0.3, 0.4) is 0 Å². The summed E-state index contributed by atoms with van der Waals surface area (Å²) < 4.78 is 40.3. The van der Waals surface area contributed by atoms with Gasteiger partial charge < -0.3 is 14.8 Å². The second kappa shape index (κ2) is 5.72. The van der Waals surface area contributed by atoms with E-state index in [2.05, 4.69) is 5.32 Å². The van der Waals surface area contributed by atoms with E-state index < -0.39 is 18.6 Å². The number of carboxylic acid groups (broad SMARTS) is 1. The smallest absolute Gasteiger partial charge is 0.389 e. The van der Waals surface area contributed by atoms with Gasteiger partial charge in [-0.05, 0) is 19.0 Å². The average Bonchev–Trinajstić information content (AvgIpc) is 2.64. The van der Waals surface area contributed by atoms with Crippen LogP contribution in [0.15, 0.2) is 16.7 Å². The van der Waals surface area contributed by atoms with Crippen molar-refractivity contribution >= 4 is 5.97 Å². The van der Waals surface area contributed by atoms with Crippen LogP contribution < -0.4 is 5.32 Å². The zero-order valence-electron chi connectivity index (χ0n) is 8.88. The van der Waals surface area contributed by atoms with Crippen LogP contribution in [-0.4, -0.2) is 23.8 Å². The Morgan fingerprint density at radius 2 is 2.18 bits per heavy atom. The molecule has 0 unspecified atom stereocenters. The van der Waals surface area contributed by atoms with E-state index >= 15 is 0 Å². The Morgan fingerprint density at radius 1 is 1.47 bits per heavy atom. The summed E-state index contributed by atoms with van der Waals surface area (Å²) in [7, 11) is 0. The monoisotopic (exact) mass is 251 g/mol. The van der Waals surface area contributed by atoms with E-state index in [0.29, 0.717) is 5.76 Å². The number of nitrogens with one attached hydrogen (secondary N) is 1. The molecule has 1 heterocycles. The van der Waals surface area contributed by atoms with Crippen LogP contribution in [0.5, 0.6) is 0 Å².